The van der Waals surface area contributed by atoms with Gasteiger partial charge in [-0.25, -0.2) is 4.79 Å². The van der Waals surface area contributed by atoms with Crippen molar-refractivity contribution in [2.75, 3.05) is 24.5 Å². The van der Waals surface area contributed by atoms with E-state index in [1.807, 2.05) is 0 Å². The largest absolute Gasteiger partial charge is 0.371 e. The molecule has 2 N–H and O–H groups in total. The molecule has 4 aliphatic carbocycles. The fourth-order valence-corrected chi connectivity index (χ4v) is 6.47. The Balaban J connectivity index is 1.10. The second-order valence-corrected chi connectivity index (χ2v) is 9.25. The zero-order valence-electron chi connectivity index (χ0n) is 15.6. The molecule has 26 heavy (non-hydrogen) atoms. The fraction of sp³-hybridized carbons (Fsp3) is 0.682. The van der Waals surface area contributed by atoms with Crippen LogP contribution in [0.4, 0.5) is 10.5 Å². The average molecular weight is 354 g/mol. The van der Waals surface area contributed by atoms with Crippen molar-refractivity contribution in [1.29, 1.82) is 0 Å². The second-order valence-electron chi connectivity index (χ2n) is 9.25. The number of hydrogen-bond donors (Lipinski definition) is 2. The lowest BCUT2D eigenvalue weighted by Gasteiger charge is -2.54. The predicted molar refractivity (Wildman–Crippen MR) is 104 cm³/mol. The number of nitrogens with zero attached hydrogens (tertiary/aromatic N) is 1. The van der Waals surface area contributed by atoms with Gasteiger partial charge in [-0.3, -0.25) is 0 Å². The van der Waals surface area contributed by atoms with Gasteiger partial charge in [0.25, 0.3) is 0 Å². The number of anilines is 1. The lowest BCUT2D eigenvalue weighted by atomic mass is 9.54. The minimum absolute atomic E-state index is 0.0700. The van der Waals surface area contributed by atoms with Crippen LogP contribution in [0.5, 0.6) is 0 Å². The summed E-state index contributed by atoms with van der Waals surface area (Å²) in [5.74, 6) is 3.97. The number of amides is 2. The lowest BCUT2D eigenvalue weighted by molar-refractivity contribution is -0.00943. The van der Waals surface area contributed by atoms with Crippen molar-refractivity contribution in [1.82, 2.24) is 10.6 Å². The normalized spacial score (nSPS) is 37.8. The Labute approximate surface area is 156 Å². The van der Waals surface area contributed by atoms with E-state index in [1.165, 1.54) is 37.8 Å². The standard InChI is InChI=1S/C22H31N3O/c26-22(24-21-18-9-16-8-17(11-18)12-19(21)10-16)23-13-15-6-7-25(14-15)20-4-2-1-3-5-20/h1-5,15-19,21H,6-14H2,(H2,23,24,26). The molecule has 5 fully saturated rings. The third-order valence-electron chi connectivity index (χ3n) is 7.48. The summed E-state index contributed by atoms with van der Waals surface area (Å²) in [7, 11) is 0. The number of carbonyl (C=O) groups excluding carboxylic acids is 1. The van der Waals surface area contributed by atoms with Crippen molar-refractivity contribution >= 4 is 11.7 Å². The molecule has 4 heteroatoms. The molecular formula is C22H31N3O. The number of nitrogens with one attached hydrogen (secondary N) is 2. The maximum atomic E-state index is 12.5. The third kappa shape index (κ3) is 3.19. The first kappa shape index (κ1) is 16.5. The van der Waals surface area contributed by atoms with Crippen LogP contribution in [0.1, 0.15) is 38.5 Å². The Bertz CT molecular complexity index is 618. The summed E-state index contributed by atoms with van der Waals surface area (Å²) in [6.07, 6.45) is 8.04. The average Bonchev–Trinajstić information content (AvgIpc) is 3.12. The monoisotopic (exact) mass is 353 g/mol. The van der Waals surface area contributed by atoms with E-state index in [0.717, 1.165) is 49.7 Å². The topological polar surface area (TPSA) is 44.4 Å². The summed E-state index contributed by atoms with van der Waals surface area (Å²) in [5, 5.41) is 6.54. The van der Waals surface area contributed by atoms with Gasteiger partial charge in [-0.1, -0.05) is 18.2 Å². The van der Waals surface area contributed by atoms with Crippen molar-refractivity contribution in [2.24, 2.45) is 29.6 Å². The van der Waals surface area contributed by atoms with E-state index in [9.17, 15) is 4.79 Å². The van der Waals surface area contributed by atoms with Gasteiger partial charge in [0.05, 0.1) is 0 Å². The first-order valence-corrected chi connectivity index (χ1v) is 10.6. The summed E-state index contributed by atoms with van der Waals surface area (Å²) in [5.41, 5.74) is 1.30. The Morgan fingerprint density at radius 3 is 2.38 bits per heavy atom. The number of rotatable bonds is 4. The molecule has 1 aliphatic heterocycles. The van der Waals surface area contributed by atoms with E-state index < -0.39 is 0 Å². The van der Waals surface area contributed by atoms with Gasteiger partial charge in [-0.15, -0.1) is 0 Å². The van der Waals surface area contributed by atoms with Crippen molar-refractivity contribution in [3.63, 3.8) is 0 Å². The van der Waals surface area contributed by atoms with Crippen LogP contribution in [0.25, 0.3) is 0 Å². The highest BCUT2D eigenvalue weighted by Crippen LogP contribution is 2.53. The quantitative estimate of drug-likeness (QED) is 0.868. The zero-order valence-corrected chi connectivity index (χ0v) is 15.6. The summed E-state index contributed by atoms with van der Waals surface area (Å²) >= 11 is 0. The van der Waals surface area contributed by atoms with Gasteiger partial charge < -0.3 is 15.5 Å². The lowest BCUT2D eigenvalue weighted by Crippen LogP contribution is -2.57. The van der Waals surface area contributed by atoms with E-state index in [2.05, 4.69) is 45.9 Å². The van der Waals surface area contributed by atoms with E-state index in [1.54, 1.807) is 0 Å². The first-order valence-electron chi connectivity index (χ1n) is 10.6. The van der Waals surface area contributed by atoms with Crippen LogP contribution in [-0.2, 0) is 0 Å². The summed E-state index contributed by atoms with van der Waals surface area (Å²) in [4.78, 5) is 14.9. The number of benzene rings is 1. The van der Waals surface area contributed by atoms with Gasteiger partial charge in [-0.05, 0) is 80.2 Å². The number of para-hydroxylation sites is 1. The van der Waals surface area contributed by atoms with Crippen LogP contribution in [0.2, 0.25) is 0 Å². The first-order chi connectivity index (χ1) is 12.7. The molecule has 1 heterocycles. The minimum atomic E-state index is 0.0700. The molecule has 0 aromatic heterocycles. The second kappa shape index (κ2) is 6.79. The van der Waals surface area contributed by atoms with Crippen molar-refractivity contribution in [3.05, 3.63) is 30.3 Å². The van der Waals surface area contributed by atoms with Crippen molar-refractivity contribution < 1.29 is 4.79 Å². The van der Waals surface area contributed by atoms with Crippen LogP contribution in [0, 0.1) is 29.6 Å². The number of urea groups is 1. The van der Waals surface area contributed by atoms with E-state index in [4.69, 9.17) is 0 Å². The zero-order chi connectivity index (χ0) is 17.5. The molecule has 1 unspecified atom stereocenters. The molecule has 140 valence electrons. The fourth-order valence-electron chi connectivity index (χ4n) is 6.47. The maximum Gasteiger partial charge on any atom is 0.315 e. The smallest absolute Gasteiger partial charge is 0.315 e. The summed E-state index contributed by atoms with van der Waals surface area (Å²) < 4.78 is 0. The highest BCUT2D eigenvalue weighted by Gasteiger charge is 2.48. The highest BCUT2D eigenvalue weighted by molar-refractivity contribution is 5.74. The van der Waals surface area contributed by atoms with Crippen molar-refractivity contribution in [2.45, 2.75) is 44.6 Å². The Morgan fingerprint density at radius 1 is 1.00 bits per heavy atom. The molecule has 5 aliphatic rings. The maximum absolute atomic E-state index is 12.5. The molecule has 1 aromatic rings. The molecule has 1 atom stereocenters. The number of carbonyl (C=O) groups is 1. The van der Waals surface area contributed by atoms with Gasteiger partial charge in [0.1, 0.15) is 0 Å². The van der Waals surface area contributed by atoms with Crippen LogP contribution in [0.3, 0.4) is 0 Å². The molecule has 1 saturated heterocycles. The third-order valence-corrected chi connectivity index (χ3v) is 7.48. The Hall–Kier alpha value is -1.71. The molecule has 4 bridgehead atoms. The molecule has 2 amide bonds. The van der Waals surface area contributed by atoms with Crippen LogP contribution >= 0.6 is 0 Å². The molecule has 4 nitrogen and oxygen atoms in total. The van der Waals surface area contributed by atoms with Gasteiger partial charge in [0.15, 0.2) is 0 Å². The van der Waals surface area contributed by atoms with Crippen molar-refractivity contribution in [3.8, 4) is 0 Å². The Kier molecular flexibility index (Phi) is 4.30. The minimum Gasteiger partial charge on any atom is -0.371 e. The summed E-state index contributed by atoms with van der Waals surface area (Å²) in [6.45, 7) is 2.93. The predicted octanol–water partition coefficient (Wildman–Crippen LogP) is 3.64. The van der Waals surface area contributed by atoms with Crippen LogP contribution < -0.4 is 15.5 Å². The van der Waals surface area contributed by atoms with Gasteiger partial charge in [-0.2, -0.15) is 0 Å². The SMILES string of the molecule is O=C(NCC1CCN(c2ccccc2)C1)NC1C2CC3CC(C2)CC1C3. The Morgan fingerprint density at radius 2 is 1.69 bits per heavy atom. The van der Waals surface area contributed by atoms with Gasteiger partial charge in [0.2, 0.25) is 0 Å². The van der Waals surface area contributed by atoms with E-state index in [0.29, 0.717) is 12.0 Å². The summed E-state index contributed by atoms with van der Waals surface area (Å²) in [6, 6.07) is 11.1. The van der Waals surface area contributed by atoms with E-state index >= 15 is 0 Å². The van der Waals surface area contributed by atoms with Gasteiger partial charge >= 0.3 is 6.03 Å². The van der Waals surface area contributed by atoms with E-state index in [-0.39, 0.29) is 6.03 Å². The molecule has 4 saturated carbocycles. The molecule has 1 aromatic carbocycles. The molecule has 6 rings (SSSR count). The molecule has 0 spiro atoms. The van der Waals surface area contributed by atoms with Gasteiger partial charge in [0, 0.05) is 31.4 Å². The number of hydrogen-bond acceptors (Lipinski definition) is 2. The highest BCUT2D eigenvalue weighted by atomic mass is 16.2. The van der Waals surface area contributed by atoms with Crippen LogP contribution in [-0.4, -0.2) is 31.7 Å². The van der Waals surface area contributed by atoms with Crippen LogP contribution in [0.15, 0.2) is 30.3 Å². The molecule has 0 radical (unpaired) electrons. The molecular weight excluding hydrogens is 322 g/mol.